The molecule has 3 N–H and O–H groups in total. The van der Waals surface area contributed by atoms with E-state index in [1.807, 2.05) is 6.92 Å². The van der Waals surface area contributed by atoms with E-state index < -0.39 is 24.5 Å². The van der Waals surface area contributed by atoms with Gasteiger partial charge in [-0.2, -0.15) is 0 Å². The molecule has 0 radical (unpaired) electrons. The molecule has 142 valence electrons. The summed E-state index contributed by atoms with van der Waals surface area (Å²) in [7, 11) is 1.52. The summed E-state index contributed by atoms with van der Waals surface area (Å²) in [5.74, 6) is 0.609. The molecule has 2 aromatic heterocycles. The highest BCUT2D eigenvalue weighted by molar-refractivity contribution is 5.82. The minimum Gasteiger partial charge on any atom is -0.387 e. The molecule has 0 saturated carbocycles. The zero-order chi connectivity index (χ0) is 18.3. The van der Waals surface area contributed by atoms with Crippen molar-refractivity contribution >= 4 is 17.0 Å². The Hall–Kier alpha value is -1.85. The Balaban J connectivity index is 1.62. The first-order chi connectivity index (χ1) is 12.6. The number of hydrogen-bond acceptors (Lipinski definition) is 9. The molecule has 26 heavy (non-hydrogen) atoms. The molecule has 0 amide bonds. The Morgan fingerprint density at radius 2 is 2.15 bits per heavy atom. The van der Waals surface area contributed by atoms with Gasteiger partial charge in [0.1, 0.15) is 24.6 Å². The van der Waals surface area contributed by atoms with Gasteiger partial charge in [-0.1, -0.05) is 0 Å². The number of aliphatic hydroxyl groups is 2. The summed E-state index contributed by atoms with van der Waals surface area (Å²) in [4.78, 5) is 13.0. The third-order valence-corrected chi connectivity index (χ3v) is 5.00. The van der Waals surface area contributed by atoms with Crippen molar-refractivity contribution in [2.75, 3.05) is 25.6 Å². The predicted octanol–water partition coefficient (Wildman–Crippen LogP) is -0.319. The molecule has 0 spiro atoms. The maximum atomic E-state index is 10.4. The van der Waals surface area contributed by atoms with Gasteiger partial charge in [-0.15, -0.1) is 0 Å². The molecule has 6 atom stereocenters. The van der Waals surface area contributed by atoms with Crippen molar-refractivity contribution < 1.29 is 24.4 Å². The minimum atomic E-state index is -1.11. The maximum absolute atomic E-state index is 10.4. The van der Waals surface area contributed by atoms with Gasteiger partial charge in [0.05, 0.1) is 25.1 Å². The van der Waals surface area contributed by atoms with Crippen LogP contribution in [0.3, 0.4) is 0 Å². The van der Waals surface area contributed by atoms with Crippen LogP contribution in [0.5, 0.6) is 0 Å². The first-order valence-corrected chi connectivity index (χ1v) is 8.66. The van der Waals surface area contributed by atoms with Crippen LogP contribution in [-0.4, -0.2) is 80.5 Å². The van der Waals surface area contributed by atoms with Gasteiger partial charge in [-0.3, -0.25) is 4.57 Å². The number of methoxy groups -OCH3 is 1. The quantitative estimate of drug-likeness (QED) is 0.654. The standard InChI is InChI=1S/C16H23N5O5/c1-8-9(3-4-25-8)20-14-11-15(18-6-17-14)21(7-19-11)16-13(23)12(22)10(26-16)5-24-2/h6-10,12-13,16,22-23H,3-5H2,1-2H3,(H,17,18,20)/t8?,9?,10-,12-,13-,16-/m1/s1. The molecule has 4 heterocycles. The van der Waals surface area contributed by atoms with Crippen molar-refractivity contribution in [2.24, 2.45) is 0 Å². The molecule has 2 saturated heterocycles. The summed E-state index contributed by atoms with van der Waals surface area (Å²) in [6, 6.07) is 0.152. The number of nitrogens with one attached hydrogen (secondary N) is 1. The van der Waals surface area contributed by atoms with E-state index in [-0.39, 0.29) is 18.8 Å². The highest BCUT2D eigenvalue weighted by Crippen LogP contribution is 2.32. The Morgan fingerprint density at radius 3 is 2.88 bits per heavy atom. The van der Waals surface area contributed by atoms with E-state index >= 15 is 0 Å². The lowest BCUT2D eigenvalue weighted by Crippen LogP contribution is -2.33. The van der Waals surface area contributed by atoms with Crippen molar-refractivity contribution in [3.63, 3.8) is 0 Å². The molecule has 2 aliphatic rings. The SMILES string of the molecule is COC[C@H]1O[C@@H](n2cnc3c(NC4CCOC4C)ncnc32)[C@H](O)[C@@H]1O. The van der Waals surface area contributed by atoms with Crippen molar-refractivity contribution in [2.45, 2.75) is 50.0 Å². The molecule has 4 rings (SSSR count). The number of hydrogen-bond donors (Lipinski definition) is 3. The molecule has 0 aromatic carbocycles. The number of nitrogens with zero attached hydrogens (tertiary/aromatic N) is 4. The molecule has 0 bridgehead atoms. The summed E-state index contributed by atoms with van der Waals surface area (Å²) in [5, 5.41) is 23.9. The second-order valence-electron chi connectivity index (χ2n) is 6.66. The zero-order valence-electron chi connectivity index (χ0n) is 14.6. The average molecular weight is 365 g/mol. The lowest BCUT2D eigenvalue weighted by Gasteiger charge is -2.18. The maximum Gasteiger partial charge on any atom is 0.167 e. The smallest absolute Gasteiger partial charge is 0.167 e. The van der Waals surface area contributed by atoms with Gasteiger partial charge in [-0.05, 0) is 13.3 Å². The molecule has 10 heteroatoms. The van der Waals surface area contributed by atoms with E-state index in [1.54, 1.807) is 4.57 Å². The average Bonchev–Trinajstić information content (AvgIpc) is 3.31. The topological polar surface area (TPSA) is 124 Å². The number of imidazole rings is 1. The van der Waals surface area contributed by atoms with Crippen LogP contribution in [0.4, 0.5) is 5.82 Å². The third-order valence-electron chi connectivity index (χ3n) is 5.00. The fraction of sp³-hybridized carbons (Fsp3) is 0.688. The summed E-state index contributed by atoms with van der Waals surface area (Å²) in [5.41, 5.74) is 1.09. The van der Waals surface area contributed by atoms with Crippen molar-refractivity contribution in [1.82, 2.24) is 19.5 Å². The van der Waals surface area contributed by atoms with E-state index in [2.05, 4.69) is 20.3 Å². The van der Waals surface area contributed by atoms with E-state index in [0.29, 0.717) is 23.6 Å². The van der Waals surface area contributed by atoms with Gasteiger partial charge < -0.3 is 29.7 Å². The first-order valence-electron chi connectivity index (χ1n) is 8.66. The number of fused-ring (bicyclic) bond motifs is 1. The number of rotatable bonds is 5. The van der Waals surface area contributed by atoms with E-state index in [0.717, 1.165) is 6.42 Å². The second-order valence-corrected chi connectivity index (χ2v) is 6.66. The molecule has 0 aliphatic carbocycles. The van der Waals surface area contributed by atoms with Crippen molar-refractivity contribution in [3.8, 4) is 0 Å². The molecule has 2 unspecified atom stereocenters. The minimum absolute atomic E-state index is 0.0898. The van der Waals surface area contributed by atoms with Crippen LogP contribution in [0.1, 0.15) is 19.6 Å². The highest BCUT2D eigenvalue weighted by Gasteiger charge is 2.44. The van der Waals surface area contributed by atoms with Gasteiger partial charge in [0.25, 0.3) is 0 Å². The molecule has 2 aromatic rings. The summed E-state index contributed by atoms with van der Waals surface area (Å²) in [6.07, 6.45) is 0.383. The van der Waals surface area contributed by atoms with E-state index in [9.17, 15) is 10.2 Å². The van der Waals surface area contributed by atoms with Crippen LogP contribution < -0.4 is 5.32 Å². The monoisotopic (exact) mass is 365 g/mol. The van der Waals surface area contributed by atoms with Gasteiger partial charge in [0.2, 0.25) is 0 Å². The van der Waals surface area contributed by atoms with Crippen LogP contribution in [0.2, 0.25) is 0 Å². The summed E-state index contributed by atoms with van der Waals surface area (Å²) < 4.78 is 18.0. The van der Waals surface area contributed by atoms with Crippen LogP contribution in [0, 0.1) is 0 Å². The van der Waals surface area contributed by atoms with E-state index in [1.165, 1.54) is 19.8 Å². The summed E-state index contributed by atoms with van der Waals surface area (Å²) in [6.45, 7) is 2.91. The van der Waals surface area contributed by atoms with Crippen molar-refractivity contribution in [1.29, 1.82) is 0 Å². The van der Waals surface area contributed by atoms with Gasteiger partial charge in [0, 0.05) is 13.7 Å². The normalized spacial score (nSPS) is 34.6. The Morgan fingerprint density at radius 1 is 1.31 bits per heavy atom. The zero-order valence-corrected chi connectivity index (χ0v) is 14.6. The fourth-order valence-corrected chi connectivity index (χ4v) is 3.50. The van der Waals surface area contributed by atoms with Crippen LogP contribution in [-0.2, 0) is 14.2 Å². The molecular formula is C16H23N5O5. The van der Waals surface area contributed by atoms with Gasteiger partial charge in [0.15, 0.2) is 23.2 Å². The number of ether oxygens (including phenoxy) is 3. The number of aromatic nitrogens is 4. The van der Waals surface area contributed by atoms with E-state index in [4.69, 9.17) is 14.2 Å². The Labute approximate surface area is 150 Å². The molecule has 2 fully saturated rings. The van der Waals surface area contributed by atoms with Crippen LogP contribution in [0.25, 0.3) is 11.2 Å². The molecule has 2 aliphatic heterocycles. The van der Waals surface area contributed by atoms with Gasteiger partial charge in [-0.25, -0.2) is 15.0 Å². The number of aliphatic hydroxyl groups excluding tert-OH is 2. The third kappa shape index (κ3) is 2.93. The largest absolute Gasteiger partial charge is 0.387 e. The highest BCUT2D eigenvalue weighted by atomic mass is 16.6. The Kier molecular flexibility index (Phi) is 4.76. The predicted molar refractivity (Wildman–Crippen MR) is 90.6 cm³/mol. The van der Waals surface area contributed by atoms with Crippen molar-refractivity contribution in [3.05, 3.63) is 12.7 Å². The first kappa shape index (κ1) is 17.6. The second kappa shape index (κ2) is 7.05. The summed E-state index contributed by atoms with van der Waals surface area (Å²) >= 11 is 0. The number of anilines is 1. The lowest BCUT2D eigenvalue weighted by atomic mass is 10.1. The Bertz CT molecular complexity index is 771. The lowest BCUT2D eigenvalue weighted by molar-refractivity contribution is -0.0580. The molecule has 10 nitrogen and oxygen atoms in total. The van der Waals surface area contributed by atoms with Crippen LogP contribution >= 0.6 is 0 Å². The van der Waals surface area contributed by atoms with Gasteiger partial charge >= 0.3 is 0 Å². The molecular weight excluding hydrogens is 342 g/mol. The fourth-order valence-electron chi connectivity index (χ4n) is 3.50. The van der Waals surface area contributed by atoms with Crippen LogP contribution in [0.15, 0.2) is 12.7 Å².